The minimum absolute atomic E-state index is 0.0201. The quantitative estimate of drug-likeness (QED) is 0.182. The van der Waals surface area contributed by atoms with Crippen LogP contribution in [0.5, 0.6) is 0 Å². The first-order valence-corrected chi connectivity index (χ1v) is 11.5. The molecule has 8 nitrogen and oxygen atoms in total. The van der Waals surface area contributed by atoms with Crippen molar-refractivity contribution in [3.05, 3.63) is 52.1 Å². The summed E-state index contributed by atoms with van der Waals surface area (Å²) in [6.07, 6.45) is -5.44. The third kappa shape index (κ3) is 4.73. The maximum atomic E-state index is 13.6. The molecule has 2 aromatic rings. The van der Waals surface area contributed by atoms with Gasteiger partial charge >= 0.3 is 0 Å². The third-order valence-electron chi connectivity index (χ3n) is 6.85. The number of halogens is 5. The lowest BCUT2D eigenvalue weighted by Gasteiger charge is -2.49. The number of anilines is 1. The van der Waals surface area contributed by atoms with E-state index in [0.29, 0.717) is 25.1 Å². The number of aromatic nitrogens is 1. The van der Waals surface area contributed by atoms with Crippen molar-refractivity contribution in [3.63, 3.8) is 0 Å². The lowest BCUT2D eigenvalue weighted by atomic mass is 9.71. The first kappa shape index (κ1) is 26.7. The molecule has 1 fully saturated rings. The highest BCUT2D eigenvalue weighted by atomic mass is 19.3. The van der Waals surface area contributed by atoms with E-state index < -0.39 is 65.9 Å². The normalized spacial score (nSPS) is 18.2. The molecule has 1 saturated carbocycles. The zero-order valence-electron chi connectivity index (χ0n) is 19.9. The molecule has 0 radical (unpaired) electrons. The third-order valence-corrected chi connectivity index (χ3v) is 6.85. The van der Waals surface area contributed by atoms with Crippen molar-refractivity contribution in [1.29, 1.82) is 0 Å². The molecule has 0 saturated heterocycles. The van der Waals surface area contributed by atoms with E-state index >= 15 is 0 Å². The minimum Gasteiger partial charge on any atom is -0.376 e. The molecule has 4 N–H and O–H groups in total. The number of hydrogen-bond donors (Lipinski definition) is 4. The van der Waals surface area contributed by atoms with Crippen molar-refractivity contribution in [2.45, 2.75) is 63.3 Å². The van der Waals surface area contributed by atoms with E-state index in [1.807, 2.05) is 0 Å². The second kappa shape index (κ2) is 9.53. The summed E-state index contributed by atoms with van der Waals surface area (Å²) in [7, 11) is 1.32. The second-order valence-electron chi connectivity index (χ2n) is 9.38. The van der Waals surface area contributed by atoms with Crippen molar-refractivity contribution in [2.75, 3.05) is 12.4 Å². The molecule has 1 unspecified atom stereocenters. The summed E-state index contributed by atoms with van der Waals surface area (Å²) < 4.78 is 68.5. The Labute approximate surface area is 208 Å². The van der Waals surface area contributed by atoms with Gasteiger partial charge in [0.1, 0.15) is 17.7 Å². The number of likely N-dealkylation sites (N-methyl/N-ethyl adjacent to an activating group) is 1. The number of nitrogens with one attached hydrogen (secondary N) is 3. The average molecular weight is 528 g/mol. The number of carbonyl (C=O) groups excluding carboxylic acids is 3. The largest absolute Gasteiger partial charge is 0.376 e. The molecule has 1 aliphatic heterocycles. The second-order valence-corrected chi connectivity index (χ2v) is 9.38. The highest BCUT2D eigenvalue weighted by molar-refractivity contribution is 6.44. The standard InChI is InChI=1S/C24H25F5N4O4/c1-11-16(18(34)21(36)32-23(22(37)30-2)9-24(28,29)10-23)15-4-3-7-33(15)17(11)20(35)31-12-5-6-14(25)13(8-12)19(26)27/h5-6,8,19,22,30,37H,3-4,7,9-10H2,1-2H3,(H,31,35)(H,32,36). The topological polar surface area (TPSA) is 112 Å². The van der Waals surface area contributed by atoms with E-state index in [-0.39, 0.29) is 22.5 Å². The number of nitrogens with zero attached hydrogens (tertiary/aromatic N) is 1. The molecule has 0 bridgehead atoms. The van der Waals surface area contributed by atoms with Gasteiger partial charge < -0.3 is 20.3 Å². The van der Waals surface area contributed by atoms with E-state index in [0.717, 1.165) is 18.2 Å². The highest BCUT2D eigenvalue weighted by Gasteiger charge is 2.61. The molecule has 1 aromatic heterocycles. The van der Waals surface area contributed by atoms with Crippen molar-refractivity contribution in [1.82, 2.24) is 15.2 Å². The molecule has 37 heavy (non-hydrogen) atoms. The smallest absolute Gasteiger partial charge is 0.293 e. The molecule has 1 aliphatic carbocycles. The van der Waals surface area contributed by atoms with Gasteiger partial charge in [-0.1, -0.05) is 0 Å². The molecule has 200 valence electrons. The summed E-state index contributed by atoms with van der Waals surface area (Å²) in [6, 6.07) is 2.72. The molecule has 1 atom stereocenters. The van der Waals surface area contributed by atoms with Gasteiger partial charge in [0.2, 0.25) is 0 Å². The predicted octanol–water partition coefficient (Wildman–Crippen LogP) is 3.08. The van der Waals surface area contributed by atoms with Crippen LogP contribution in [-0.2, 0) is 17.8 Å². The van der Waals surface area contributed by atoms with E-state index in [1.165, 1.54) is 14.0 Å². The molecule has 4 rings (SSSR count). The minimum atomic E-state index is -3.11. The molecule has 13 heteroatoms. The molecule has 0 spiro atoms. The average Bonchev–Trinajstić information content (AvgIpc) is 3.36. The number of carbonyl (C=O) groups is 3. The van der Waals surface area contributed by atoms with Crippen molar-refractivity contribution in [2.24, 2.45) is 0 Å². The summed E-state index contributed by atoms with van der Waals surface area (Å²) in [4.78, 5) is 39.2. The van der Waals surface area contributed by atoms with Gasteiger partial charge in [0.25, 0.3) is 29.9 Å². The summed E-state index contributed by atoms with van der Waals surface area (Å²) in [5.74, 6) is -7.26. The van der Waals surface area contributed by atoms with Gasteiger partial charge in [-0.15, -0.1) is 0 Å². The Morgan fingerprint density at radius 2 is 1.84 bits per heavy atom. The van der Waals surface area contributed by atoms with Gasteiger partial charge in [0, 0.05) is 30.8 Å². The zero-order chi connectivity index (χ0) is 27.3. The highest BCUT2D eigenvalue weighted by Crippen LogP contribution is 2.47. The fourth-order valence-electron chi connectivity index (χ4n) is 5.19. The molecular formula is C24H25F5N4O4. The number of hydrogen-bond acceptors (Lipinski definition) is 5. The number of fused-ring (bicyclic) bond motifs is 1. The van der Waals surface area contributed by atoms with E-state index in [4.69, 9.17) is 0 Å². The zero-order valence-corrected chi connectivity index (χ0v) is 19.9. The van der Waals surface area contributed by atoms with Gasteiger partial charge in [0.15, 0.2) is 0 Å². The Balaban J connectivity index is 1.61. The molecule has 2 aliphatic rings. The van der Waals surface area contributed by atoms with Crippen LogP contribution in [0, 0.1) is 12.7 Å². The number of alkyl halides is 4. The molecule has 1 aromatic carbocycles. The van der Waals surface area contributed by atoms with E-state index in [2.05, 4.69) is 16.0 Å². The number of rotatable bonds is 8. The van der Waals surface area contributed by atoms with E-state index in [9.17, 15) is 41.4 Å². The van der Waals surface area contributed by atoms with E-state index in [1.54, 1.807) is 4.57 Å². The SMILES string of the molecule is CNC(O)C1(NC(=O)C(=O)c2c(C)c(C(=O)Nc3ccc(F)c(C(F)F)c3)n3c2CCC3)CC(F)(F)C1. The van der Waals surface area contributed by atoms with Crippen LogP contribution in [0.2, 0.25) is 0 Å². The van der Waals surface area contributed by atoms with Crippen molar-refractivity contribution >= 4 is 23.3 Å². The number of aliphatic hydroxyl groups is 1. The van der Waals surface area contributed by atoms with Crippen LogP contribution in [0.4, 0.5) is 27.6 Å². The van der Waals surface area contributed by atoms with Crippen LogP contribution in [0.25, 0.3) is 0 Å². The molecule has 2 heterocycles. The maximum Gasteiger partial charge on any atom is 0.293 e. The van der Waals surface area contributed by atoms with Crippen molar-refractivity contribution in [3.8, 4) is 0 Å². The van der Waals surface area contributed by atoms with Gasteiger partial charge in [-0.05, 0) is 50.6 Å². The monoisotopic (exact) mass is 528 g/mol. The van der Waals surface area contributed by atoms with Crippen LogP contribution in [0.3, 0.4) is 0 Å². The van der Waals surface area contributed by atoms with Crippen LogP contribution in [0.1, 0.15) is 63.4 Å². The van der Waals surface area contributed by atoms with Gasteiger partial charge in [0.05, 0.1) is 16.7 Å². The molecular weight excluding hydrogens is 503 g/mol. The van der Waals surface area contributed by atoms with Crippen molar-refractivity contribution < 1.29 is 41.4 Å². The summed E-state index contributed by atoms with van der Waals surface area (Å²) in [6.45, 7) is 1.78. The summed E-state index contributed by atoms with van der Waals surface area (Å²) >= 11 is 0. The number of ketones is 1. The maximum absolute atomic E-state index is 13.6. The number of aliphatic hydroxyl groups excluding tert-OH is 1. The predicted molar refractivity (Wildman–Crippen MR) is 121 cm³/mol. The van der Waals surface area contributed by atoms with Gasteiger partial charge in [-0.25, -0.2) is 22.0 Å². The van der Waals surface area contributed by atoms with Crippen LogP contribution in [-0.4, -0.2) is 52.0 Å². The molecule has 2 amide bonds. The summed E-state index contributed by atoms with van der Waals surface area (Å²) in [5, 5.41) is 17.2. The fourth-order valence-corrected chi connectivity index (χ4v) is 5.19. The Bertz CT molecular complexity index is 1270. The van der Waals surface area contributed by atoms with Gasteiger partial charge in [-0.2, -0.15) is 0 Å². The van der Waals surface area contributed by atoms with Gasteiger partial charge in [-0.3, -0.25) is 19.7 Å². The Kier molecular flexibility index (Phi) is 6.88. The first-order valence-electron chi connectivity index (χ1n) is 11.5. The number of amides is 2. The summed E-state index contributed by atoms with van der Waals surface area (Å²) in [5.41, 5.74) is -2.22. The Hall–Kier alpha value is -3.32. The Morgan fingerprint density at radius 3 is 2.43 bits per heavy atom. The lowest BCUT2D eigenvalue weighted by Crippen LogP contribution is -2.71. The lowest BCUT2D eigenvalue weighted by molar-refractivity contribution is -0.176. The Morgan fingerprint density at radius 1 is 1.16 bits per heavy atom. The van der Waals surface area contributed by atoms with Crippen LogP contribution >= 0.6 is 0 Å². The first-order chi connectivity index (χ1) is 17.3. The fraction of sp³-hybridized carbons (Fsp3) is 0.458. The number of Topliss-reactive ketones (excluding diaryl/α,β-unsaturated/α-hetero) is 1. The van der Waals surface area contributed by atoms with Crippen LogP contribution < -0.4 is 16.0 Å². The number of benzene rings is 1. The van der Waals surface area contributed by atoms with Crippen LogP contribution in [0.15, 0.2) is 18.2 Å².